The van der Waals surface area contributed by atoms with Gasteiger partial charge in [-0.3, -0.25) is 9.88 Å². The Labute approximate surface area is 207 Å². The average molecular weight is 475 g/mol. The Balaban J connectivity index is 1.60. The summed E-state index contributed by atoms with van der Waals surface area (Å²) < 4.78 is 16.8. The maximum Gasteiger partial charge on any atom is 0.203 e. The lowest BCUT2D eigenvalue weighted by molar-refractivity contribution is 0.312. The van der Waals surface area contributed by atoms with Crippen molar-refractivity contribution >= 4 is 5.69 Å². The molecule has 3 heterocycles. The quantitative estimate of drug-likeness (QED) is 0.551. The Morgan fingerprint density at radius 3 is 2.06 bits per heavy atom. The van der Waals surface area contributed by atoms with Crippen LogP contribution in [-0.4, -0.2) is 76.4 Å². The Kier molecular flexibility index (Phi) is 6.54. The molecule has 184 valence electrons. The van der Waals surface area contributed by atoms with Crippen molar-refractivity contribution in [2.24, 2.45) is 0 Å². The summed E-state index contributed by atoms with van der Waals surface area (Å²) in [4.78, 5) is 11.9. The third kappa shape index (κ3) is 4.42. The SMILES string of the molecule is COc1cc(-c2cncc3c2CN(C)Cc2cc(N4CCN(C)CC4)ccc2-3)cc(OC)c1OC. The second kappa shape index (κ2) is 9.76. The first-order valence-corrected chi connectivity index (χ1v) is 12.0. The number of ether oxygens (including phenoxy) is 3. The zero-order valence-electron chi connectivity index (χ0n) is 21.3. The number of fused-ring (bicyclic) bond motifs is 3. The van der Waals surface area contributed by atoms with E-state index >= 15 is 0 Å². The molecule has 0 unspecified atom stereocenters. The van der Waals surface area contributed by atoms with Crippen molar-refractivity contribution in [1.29, 1.82) is 0 Å². The van der Waals surface area contributed by atoms with Crippen molar-refractivity contribution in [1.82, 2.24) is 14.8 Å². The summed E-state index contributed by atoms with van der Waals surface area (Å²) in [5.41, 5.74) is 8.40. The Bertz CT molecular complexity index is 1200. The van der Waals surface area contributed by atoms with Gasteiger partial charge in [0, 0.05) is 68.5 Å². The fourth-order valence-corrected chi connectivity index (χ4v) is 5.23. The molecule has 7 nitrogen and oxygen atoms in total. The molecule has 0 spiro atoms. The minimum Gasteiger partial charge on any atom is -0.493 e. The number of anilines is 1. The monoisotopic (exact) mass is 474 g/mol. The minimum atomic E-state index is 0.590. The first-order chi connectivity index (χ1) is 17.0. The lowest BCUT2D eigenvalue weighted by Crippen LogP contribution is -2.44. The predicted molar refractivity (Wildman–Crippen MR) is 140 cm³/mol. The number of piperazine rings is 1. The van der Waals surface area contributed by atoms with Gasteiger partial charge in [-0.25, -0.2) is 0 Å². The fourth-order valence-electron chi connectivity index (χ4n) is 5.23. The lowest BCUT2D eigenvalue weighted by atomic mass is 9.92. The van der Waals surface area contributed by atoms with Gasteiger partial charge in [0.1, 0.15) is 0 Å². The number of methoxy groups -OCH3 is 3. The van der Waals surface area contributed by atoms with Crippen LogP contribution in [0.15, 0.2) is 42.7 Å². The van der Waals surface area contributed by atoms with Crippen LogP contribution in [-0.2, 0) is 13.1 Å². The molecule has 1 saturated heterocycles. The number of hydrogen-bond acceptors (Lipinski definition) is 7. The van der Waals surface area contributed by atoms with Gasteiger partial charge in [0.05, 0.1) is 21.3 Å². The van der Waals surface area contributed by atoms with Crippen molar-refractivity contribution in [3.05, 3.63) is 53.9 Å². The zero-order chi connectivity index (χ0) is 24.5. The molecule has 0 atom stereocenters. The van der Waals surface area contributed by atoms with Crippen LogP contribution in [0, 0.1) is 0 Å². The molecule has 0 aliphatic carbocycles. The van der Waals surface area contributed by atoms with Gasteiger partial charge in [0.25, 0.3) is 0 Å². The van der Waals surface area contributed by atoms with E-state index in [0.717, 1.165) is 50.4 Å². The third-order valence-corrected chi connectivity index (χ3v) is 7.15. The van der Waals surface area contributed by atoms with E-state index in [0.29, 0.717) is 17.2 Å². The molecular formula is C28H34N4O3. The molecule has 0 bridgehead atoms. The van der Waals surface area contributed by atoms with Gasteiger partial charge in [0.15, 0.2) is 11.5 Å². The molecule has 2 aliphatic rings. The standard InChI is InChI=1S/C28H34N4O3/c1-30-8-10-32(11-9-30)21-6-7-22-20(12-21)17-31(2)18-25-23(15-29-16-24(22)25)19-13-26(33-3)28(35-5)27(14-19)34-4/h6-7,12-16H,8-11,17-18H2,1-5H3. The van der Waals surface area contributed by atoms with Gasteiger partial charge >= 0.3 is 0 Å². The summed E-state index contributed by atoms with van der Waals surface area (Å²) in [7, 11) is 9.29. The van der Waals surface area contributed by atoms with E-state index in [-0.39, 0.29) is 0 Å². The molecule has 2 aromatic carbocycles. The van der Waals surface area contributed by atoms with Crippen LogP contribution in [0.5, 0.6) is 17.2 Å². The molecule has 1 fully saturated rings. The molecule has 2 aliphatic heterocycles. The molecule has 1 aromatic heterocycles. The van der Waals surface area contributed by atoms with E-state index in [1.54, 1.807) is 21.3 Å². The highest BCUT2D eigenvalue weighted by molar-refractivity contribution is 5.82. The van der Waals surface area contributed by atoms with Crippen LogP contribution >= 0.6 is 0 Å². The molecule has 35 heavy (non-hydrogen) atoms. The van der Waals surface area contributed by atoms with Crippen LogP contribution < -0.4 is 19.1 Å². The van der Waals surface area contributed by atoms with Crippen molar-refractivity contribution in [2.75, 3.05) is 66.5 Å². The van der Waals surface area contributed by atoms with Crippen molar-refractivity contribution in [3.8, 4) is 39.5 Å². The van der Waals surface area contributed by atoms with Gasteiger partial charge < -0.3 is 24.0 Å². The topological polar surface area (TPSA) is 50.3 Å². The summed E-state index contributed by atoms with van der Waals surface area (Å²) >= 11 is 0. The van der Waals surface area contributed by atoms with Crippen LogP contribution in [0.1, 0.15) is 11.1 Å². The molecule has 3 aromatic rings. The smallest absolute Gasteiger partial charge is 0.203 e. The van der Waals surface area contributed by atoms with Gasteiger partial charge in [-0.05, 0) is 60.6 Å². The Hall–Kier alpha value is -3.29. The van der Waals surface area contributed by atoms with Crippen LogP contribution in [0.25, 0.3) is 22.3 Å². The molecular weight excluding hydrogens is 440 g/mol. The second-order valence-electron chi connectivity index (χ2n) is 9.43. The zero-order valence-corrected chi connectivity index (χ0v) is 21.3. The highest BCUT2D eigenvalue weighted by atomic mass is 16.5. The summed E-state index contributed by atoms with van der Waals surface area (Å²) in [6.45, 7) is 6.04. The lowest BCUT2D eigenvalue weighted by Gasteiger charge is -2.34. The minimum absolute atomic E-state index is 0.590. The molecule has 5 rings (SSSR count). The first-order valence-electron chi connectivity index (χ1n) is 12.0. The fraction of sp³-hybridized carbons (Fsp3) is 0.393. The number of likely N-dealkylation sites (N-methyl/N-ethyl adjacent to an activating group) is 1. The highest BCUT2D eigenvalue weighted by Gasteiger charge is 2.24. The van der Waals surface area contributed by atoms with Gasteiger partial charge in [-0.2, -0.15) is 0 Å². The second-order valence-corrected chi connectivity index (χ2v) is 9.43. The number of nitrogens with zero attached hydrogens (tertiary/aromatic N) is 4. The van der Waals surface area contributed by atoms with E-state index in [1.807, 2.05) is 24.5 Å². The summed E-state index contributed by atoms with van der Waals surface area (Å²) in [5.74, 6) is 1.87. The summed E-state index contributed by atoms with van der Waals surface area (Å²) in [6, 6.07) is 10.9. The Morgan fingerprint density at radius 2 is 1.40 bits per heavy atom. The maximum atomic E-state index is 5.62. The molecule has 7 heteroatoms. The van der Waals surface area contributed by atoms with E-state index in [4.69, 9.17) is 14.2 Å². The normalized spacial score (nSPS) is 16.3. The van der Waals surface area contributed by atoms with Crippen molar-refractivity contribution in [2.45, 2.75) is 13.1 Å². The average Bonchev–Trinajstić information content (AvgIpc) is 3.02. The number of benzene rings is 2. The number of hydrogen-bond donors (Lipinski definition) is 0. The summed E-state index contributed by atoms with van der Waals surface area (Å²) in [5, 5.41) is 0. The van der Waals surface area contributed by atoms with Crippen LogP contribution in [0.2, 0.25) is 0 Å². The van der Waals surface area contributed by atoms with Gasteiger partial charge in [0.2, 0.25) is 5.75 Å². The molecule has 0 N–H and O–H groups in total. The molecule has 0 amide bonds. The largest absolute Gasteiger partial charge is 0.493 e. The number of aromatic nitrogens is 1. The Morgan fingerprint density at radius 1 is 0.714 bits per heavy atom. The van der Waals surface area contributed by atoms with Crippen molar-refractivity contribution < 1.29 is 14.2 Å². The van der Waals surface area contributed by atoms with E-state index in [2.05, 4.69) is 52.0 Å². The van der Waals surface area contributed by atoms with E-state index < -0.39 is 0 Å². The predicted octanol–water partition coefficient (Wildman–Crippen LogP) is 4.14. The van der Waals surface area contributed by atoms with E-state index in [9.17, 15) is 0 Å². The summed E-state index contributed by atoms with van der Waals surface area (Å²) in [6.07, 6.45) is 3.95. The van der Waals surface area contributed by atoms with E-state index in [1.165, 1.54) is 27.9 Å². The van der Waals surface area contributed by atoms with Crippen LogP contribution in [0.4, 0.5) is 5.69 Å². The molecule has 0 saturated carbocycles. The van der Waals surface area contributed by atoms with Gasteiger partial charge in [-0.1, -0.05) is 6.07 Å². The third-order valence-electron chi connectivity index (χ3n) is 7.15. The molecule has 0 radical (unpaired) electrons. The highest BCUT2D eigenvalue weighted by Crippen LogP contribution is 2.44. The van der Waals surface area contributed by atoms with Crippen molar-refractivity contribution in [3.63, 3.8) is 0 Å². The van der Waals surface area contributed by atoms with Gasteiger partial charge in [-0.15, -0.1) is 0 Å². The number of rotatable bonds is 5. The van der Waals surface area contributed by atoms with Crippen LogP contribution in [0.3, 0.4) is 0 Å². The maximum absolute atomic E-state index is 5.62. The first kappa shape index (κ1) is 23.5. The number of pyridine rings is 1.